The summed E-state index contributed by atoms with van der Waals surface area (Å²) in [5.41, 5.74) is 2.12. The lowest BCUT2D eigenvalue weighted by Crippen LogP contribution is -2.41. The lowest BCUT2D eigenvalue weighted by Gasteiger charge is -2.38. The second-order valence-corrected chi connectivity index (χ2v) is 7.61. The second kappa shape index (κ2) is 8.55. The van der Waals surface area contributed by atoms with E-state index in [-0.39, 0.29) is 16.5 Å². The van der Waals surface area contributed by atoms with Gasteiger partial charge in [-0.2, -0.15) is 0 Å². The van der Waals surface area contributed by atoms with Gasteiger partial charge >= 0.3 is 0 Å². The number of carbonyl (C=O) groups excluding carboxylic acids is 1. The first-order valence-corrected chi connectivity index (χ1v) is 10.1. The van der Waals surface area contributed by atoms with Crippen LogP contribution in [0.5, 0.6) is 11.5 Å². The van der Waals surface area contributed by atoms with Crippen molar-refractivity contribution in [3.05, 3.63) is 93.5 Å². The van der Waals surface area contributed by atoms with Crippen molar-refractivity contribution in [2.75, 3.05) is 20.8 Å². The van der Waals surface area contributed by atoms with Crippen LogP contribution in [0, 0.1) is 11.6 Å². The summed E-state index contributed by atoms with van der Waals surface area (Å²) in [4.78, 5) is 14.9. The van der Waals surface area contributed by atoms with Crippen molar-refractivity contribution in [2.24, 2.45) is 0 Å². The lowest BCUT2D eigenvalue weighted by molar-refractivity contribution is 0.0691. The molecule has 0 bridgehead atoms. The summed E-state index contributed by atoms with van der Waals surface area (Å²) in [6, 6.07) is 12.5. The summed E-state index contributed by atoms with van der Waals surface area (Å²) in [5, 5.41) is 0.213. The fraction of sp³-hybridized carbons (Fsp3) is 0.208. The van der Waals surface area contributed by atoms with Gasteiger partial charge in [-0.3, -0.25) is 4.79 Å². The van der Waals surface area contributed by atoms with Crippen LogP contribution in [0.4, 0.5) is 8.78 Å². The van der Waals surface area contributed by atoms with E-state index in [4.69, 9.17) is 21.1 Å². The molecule has 160 valence electrons. The largest absolute Gasteiger partial charge is 0.493 e. The molecule has 1 atom stereocenters. The zero-order valence-electron chi connectivity index (χ0n) is 17.0. The van der Waals surface area contributed by atoms with Gasteiger partial charge < -0.3 is 14.4 Å². The molecular formula is C24H20ClF2NO3. The lowest BCUT2D eigenvalue weighted by atomic mass is 9.87. The van der Waals surface area contributed by atoms with Crippen molar-refractivity contribution in [2.45, 2.75) is 12.5 Å². The van der Waals surface area contributed by atoms with Crippen molar-refractivity contribution in [1.29, 1.82) is 0 Å². The minimum Gasteiger partial charge on any atom is -0.493 e. The third-order valence-electron chi connectivity index (χ3n) is 5.50. The Labute approximate surface area is 184 Å². The quantitative estimate of drug-likeness (QED) is 0.540. The highest BCUT2D eigenvalue weighted by Gasteiger charge is 2.36. The highest BCUT2D eigenvalue weighted by Crippen LogP contribution is 2.44. The molecule has 0 aliphatic carbocycles. The highest BCUT2D eigenvalue weighted by molar-refractivity contribution is 6.31. The Morgan fingerprint density at radius 2 is 1.71 bits per heavy atom. The molecule has 1 heterocycles. The number of methoxy groups -OCH3 is 2. The van der Waals surface area contributed by atoms with Gasteiger partial charge in [-0.1, -0.05) is 17.7 Å². The van der Waals surface area contributed by atoms with E-state index in [1.807, 2.05) is 6.07 Å². The van der Waals surface area contributed by atoms with Gasteiger partial charge in [0.25, 0.3) is 5.91 Å². The Kier molecular flexibility index (Phi) is 5.83. The minimum absolute atomic E-state index is 0.202. The summed E-state index contributed by atoms with van der Waals surface area (Å²) in [5.74, 6) is -0.277. The first-order valence-electron chi connectivity index (χ1n) is 9.69. The number of carbonyl (C=O) groups is 1. The van der Waals surface area contributed by atoms with E-state index in [1.54, 1.807) is 24.1 Å². The summed E-state index contributed by atoms with van der Waals surface area (Å²) in [6.07, 6.45) is 0.533. The number of benzene rings is 3. The predicted octanol–water partition coefficient (Wildman–Crippen LogP) is 5.42. The monoisotopic (exact) mass is 443 g/mol. The molecule has 4 rings (SSSR count). The van der Waals surface area contributed by atoms with Gasteiger partial charge in [0.2, 0.25) is 0 Å². The minimum atomic E-state index is -0.783. The Morgan fingerprint density at radius 3 is 2.35 bits per heavy atom. The molecule has 1 aliphatic heterocycles. The molecule has 0 radical (unpaired) electrons. The van der Waals surface area contributed by atoms with Gasteiger partial charge in [0.05, 0.1) is 20.3 Å². The summed E-state index contributed by atoms with van der Waals surface area (Å²) in [7, 11) is 3.06. The van der Waals surface area contributed by atoms with Gasteiger partial charge in [-0.25, -0.2) is 8.78 Å². The van der Waals surface area contributed by atoms with Crippen LogP contribution < -0.4 is 9.47 Å². The molecule has 0 fully saturated rings. The number of hydrogen-bond acceptors (Lipinski definition) is 3. The van der Waals surface area contributed by atoms with Gasteiger partial charge in [-0.15, -0.1) is 0 Å². The average molecular weight is 444 g/mol. The first-order chi connectivity index (χ1) is 14.9. The average Bonchev–Trinajstić information content (AvgIpc) is 2.78. The van der Waals surface area contributed by atoms with Crippen LogP contribution in [0.15, 0.2) is 54.6 Å². The van der Waals surface area contributed by atoms with Crippen molar-refractivity contribution in [3.8, 4) is 11.5 Å². The zero-order valence-corrected chi connectivity index (χ0v) is 17.7. The molecule has 1 amide bonds. The van der Waals surface area contributed by atoms with Crippen molar-refractivity contribution < 1.29 is 23.0 Å². The predicted molar refractivity (Wildman–Crippen MR) is 114 cm³/mol. The molecule has 0 unspecified atom stereocenters. The summed E-state index contributed by atoms with van der Waals surface area (Å²) in [6.45, 7) is 0.327. The van der Waals surface area contributed by atoms with E-state index in [1.165, 1.54) is 43.5 Å². The van der Waals surface area contributed by atoms with E-state index < -0.39 is 17.7 Å². The van der Waals surface area contributed by atoms with E-state index in [0.29, 0.717) is 35.6 Å². The SMILES string of the molecule is COc1cc2c(cc1OC)[C@H](c1c(F)cccc1Cl)N(C(=O)c1ccc(F)cc1)CC2. The van der Waals surface area contributed by atoms with E-state index in [9.17, 15) is 9.18 Å². The van der Waals surface area contributed by atoms with Gasteiger partial charge in [0.1, 0.15) is 11.6 Å². The smallest absolute Gasteiger partial charge is 0.254 e. The van der Waals surface area contributed by atoms with Crippen molar-refractivity contribution >= 4 is 17.5 Å². The number of amides is 1. The van der Waals surface area contributed by atoms with E-state index in [0.717, 1.165) is 5.56 Å². The van der Waals surface area contributed by atoms with Gasteiger partial charge in [0.15, 0.2) is 11.5 Å². The number of rotatable bonds is 4. The molecule has 0 saturated carbocycles. The summed E-state index contributed by atoms with van der Waals surface area (Å²) < 4.78 is 39.2. The maximum atomic E-state index is 15.0. The van der Waals surface area contributed by atoms with Gasteiger partial charge in [0, 0.05) is 22.7 Å². The number of hydrogen-bond donors (Lipinski definition) is 0. The third kappa shape index (κ3) is 3.83. The van der Waals surface area contributed by atoms with Gasteiger partial charge in [-0.05, 0) is 66.1 Å². The van der Waals surface area contributed by atoms with Crippen LogP contribution in [0.1, 0.15) is 33.1 Å². The zero-order chi connectivity index (χ0) is 22.1. The number of fused-ring (bicyclic) bond motifs is 1. The van der Waals surface area contributed by atoms with Crippen molar-refractivity contribution in [1.82, 2.24) is 4.90 Å². The van der Waals surface area contributed by atoms with Crippen LogP contribution in [0.2, 0.25) is 5.02 Å². The molecular weight excluding hydrogens is 424 g/mol. The second-order valence-electron chi connectivity index (χ2n) is 7.20. The van der Waals surface area contributed by atoms with E-state index in [2.05, 4.69) is 0 Å². The van der Waals surface area contributed by atoms with Crippen LogP contribution in [0.3, 0.4) is 0 Å². The molecule has 0 spiro atoms. The third-order valence-corrected chi connectivity index (χ3v) is 5.83. The Bertz CT molecular complexity index is 1110. The van der Waals surface area contributed by atoms with Crippen LogP contribution >= 0.6 is 11.6 Å². The molecule has 3 aromatic carbocycles. The number of ether oxygens (including phenoxy) is 2. The van der Waals surface area contributed by atoms with Crippen LogP contribution in [-0.2, 0) is 6.42 Å². The Morgan fingerprint density at radius 1 is 1.03 bits per heavy atom. The topological polar surface area (TPSA) is 38.8 Å². The molecule has 31 heavy (non-hydrogen) atoms. The molecule has 3 aromatic rings. The molecule has 7 heteroatoms. The fourth-order valence-corrected chi connectivity index (χ4v) is 4.27. The molecule has 0 saturated heterocycles. The number of nitrogens with zero attached hydrogens (tertiary/aromatic N) is 1. The molecule has 0 aromatic heterocycles. The van der Waals surface area contributed by atoms with Crippen LogP contribution in [-0.4, -0.2) is 31.6 Å². The fourth-order valence-electron chi connectivity index (χ4n) is 4.01. The first kappa shape index (κ1) is 21.1. The maximum absolute atomic E-state index is 15.0. The molecule has 0 N–H and O–H groups in total. The Balaban J connectivity index is 1.90. The summed E-state index contributed by atoms with van der Waals surface area (Å²) >= 11 is 6.41. The highest BCUT2D eigenvalue weighted by atomic mass is 35.5. The normalized spacial score (nSPS) is 15.4. The maximum Gasteiger partial charge on any atom is 0.254 e. The van der Waals surface area contributed by atoms with Crippen LogP contribution in [0.25, 0.3) is 0 Å². The standard InChI is InChI=1S/C24H20ClF2NO3/c1-30-20-12-15-10-11-28(24(29)14-6-8-16(26)9-7-14)23(17(15)13-21(20)31-2)22-18(25)4-3-5-19(22)27/h3-9,12-13,23H,10-11H2,1-2H3/t23-/m1/s1. The van der Waals surface area contributed by atoms with E-state index >= 15 is 4.39 Å². The number of halogens is 3. The molecule has 1 aliphatic rings. The van der Waals surface area contributed by atoms with Crippen molar-refractivity contribution in [3.63, 3.8) is 0 Å². The molecule has 4 nitrogen and oxygen atoms in total. The Hall–Kier alpha value is -3.12.